The zero-order valence-electron chi connectivity index (χ0n) is 11.8. The van der Waals surface area contributed by atoms with Crippen molar-refractivity contribution in [2.45, 2.75) is 59.0 Å². The minimum Gasteiger partial charge on any atom is -0.342 e. The molecule has 0 bridgehead atoms. The number of carbonyl (C=O) groups excluding carboxylic acids is 2. The van der Waals surface area contributed by atoms with Gasteiger partial charge in [-0.15, -0.1) is 0 Å². The molecule has 4 nitrogen and oxygen atoms in total. The summed E-state index contributed by atoms with van der Waals surface area (Å²) < 4.78 is 0. The molecule has 0 aromatic rings. The summed E-state index contributed by atoms with van der Waals surface area (Å²) in [4.78, 5) is 26.0. The monoisotopic (exact) mass is 252 g/mol. The number of nitrogens with zero attached hydrogens (tertiary/aromatic N) is 1. The van der Waals surface area contributed by atoms with E-state index in [4.69, 9.17) is 0 Å². The topological polar surface area (TPSA) is 49.4 Å². The Hall–Kier alpha value is -1.06. The first kappa shape index (κ1) is 13.4. The summed E-state index contributed by atoms with van der Waals surface area (Å²) in [6, 6.07) is -0.0602. The summed E-state index contributed by atoms with van der Waals surface area (Å²) in [7, 11) is 0. The Balaban J connectivity index is 2.08. The predicted molar refractivity (Wildman–Crippen MR) is 69.9 cm³/mol. The average Bonchev–Trinajstić information content (AvgIpc) is 2.99. The van der Waals surface area contributed by atoms with Gasteiger partial charge in [0.2, 0.25) is 11.8 Å². The molecule has 1 N–H and O–H groups in total. The minimum absolute atomic E-state index is 0.0170. The highest BCUT2D eigenvalue weighted by Gasteiger charge is 2.49. The van der Waals surface area contributed by atoms with Crippen LogP contribution in [0.2, 0.25) is 0 Å². The van der Waals surface area contributed by atoms with Crippen molar-refractivity contribution in [2.24, 2.45) is 11.3 Å². The first-order valence-corrected chi connectivity index (χ1v) is 6.94. The molecule has 4 heteroatoms. The number of hydrogen-bond acceptors (Lipinski definition) is 2. The Kier molecular flexibility index (Phi) is 3.39. The van der Waals surface area contributed by atoms with Gasteiger partial charge < -0.3 is 10.2 Å². The van der Waals surface area contributed by atoms with Gasteiger partial charge >= 0.3 is 0 Å². The van der Waals surface area contributed by atoms with Crippen molar-refractivity contribution >= 4 is 11.8 Å². The smallest absolute Gasteiger partial charge is 0.246 e. The number of hydrogen-bond donors (Lipinski definition) is 1. The fraction of sp³-hybridized carbons (Fsp3) is 0.857. The van der Waals surface area contributed by atoms with Crippen LogP contribution in [-0.4, -0.2) is 35.3 Å². The van der Waals surface area contributed by atoms with E-state index in [-0.39, 0.29) is 29.8 Å². The SMILES string of the molecule is CCCC1CC1N1CC(=O)NC(C(C)(C)C)C1=O. The summed E-state index contributed by atoms with van der Waals surface area (Å²) >= 11 is 0. The van der Waals surface area contributed by atoms with Gasteiger partial charge in [-0.05, 0) is 24.2 Å². The van der Waals surface area contributed by atoms with Crippen LogP contribution >= 0.6 is 0 Å². The van der Waals surface area contributed by atoms with Crippen molar-refractivity contribution in [3.63, 3.8) is 0 Å². The van der Waals surface area contributed by atoms with Crippen LogP contribution in [0.4, 0.5) is 0 Å². The summed E-state index contributed by atoms with van der Waals surface area (Å²) in [6.07, 6.45) is 3.39. The van der Waals surface area contributed by atoms with Crippen LogP contribution in [-0.2, 0) is 9.59 Å². The van der Waals surface area contributed by atoms with Gasteiger partial charge in [0.25, 0.3) is 0 Å². The van der Waals surface area contributed by atoms with Crippen LogP contribution in [0.5, 0.6) is 0 Å². The molecule has 2 rings (SSSR count). The quantitative estimate of drug-likeness (QED) is 0.828. The molecule has 1 aliphatic carbocycles. The van der Waals surface area contributed by atoms with Gasteiger partial charge in [0.15, 0.2) is 0 Å². The van der Waals surface area contributed by atoms with E-state index in [0.29, 0.717) is 12.0 Å². The van der Waals surface area contributed by atoms with Crippen molar-refractivity contribution < 1.29 is 9.59 Å². The maximum Gasteiger partial charge on any atom is 0.246 e. The lowest BCUT2D eigenvalue weighted by molar-refractivity contribution is -0.148. The fourth-order valence-corrected chi connectivity index (χ4v) is 2.83. The Morgan fingerprint density at radius 2 is 2.00 bits per heavy atom. The molecule has 2 fully saturated rings. The highest BCUT2D eigenvalue weighted by Crippen LogP contribution is 2.40. The molecule has 3 atom stereocenters. The Labute approximate surface area is 109 Å². The largest absolute Gasteiger partial charge is 0.342 e. The number of rotatable bonds is 3. The van der Waals surface area contributed by atoms with Crippen LogP contribution in [0.3, 0.4) is 0 Å². The average molecular weight is 252 g/mol. The van der Waals surface area contributed by atoms with Gasteiger partial charge in [0.1, 0.15) is 6.04 Å². The highest BCUT2D eigenvalue weighted by atomic mass is 16.2. The third kappa shape index (κ3) is 2.52. The Bertz CT molecular complexity index is 359. The zero-order valence-corrected chi connectivity index (χ0v) is 11.8. The van der Waals surface area contributed by atoms with Gasteiger partial charge in [0, 0.05) is 6.04 Å². The van der Waals surface area contributed by atoms with Crippen molar-refractivity contribution in [1.82, 2.24) is 10.2 Å². The number of amides is 2. The number of carbonyl (C=O) groups is 2. The molecule has 102 valence electrons. The lowest BCUT2D eigenvalue weighted by atomic mass is 9.84. The standard InChI is InChI=1S/C14H24N2O2/c1-5-6-9-7-10(9)16-8-11(17)15-12(13(16)18)14(2,3)4/h9-10,12H,5-8H2,1-4H3,(H,15,17). The van der Waals surface area contributed by atoms with Crippen LogP contribution in [0.1, 0.15) is 47.0 Å². The first-order chi connectivity index (χ1) is 8.34. The van der Waals surface area contributed by atoms with Crippen LogP contribution < -0.4 is 5.32 Å². The normalized spacial score (nSPS) is 32.4. The maximum absolute atomic E-state index is 12.5. The van der Waals surface area contributed by atoms with Crippen molar-refractivity contribution in [3.8, 4) is 0 Å². The van der Waals surface area contributed by atoms with E-state index in [2.05, 4.69) is 12.2 Å². The molecule has 0 radical (unpaired) electrons. The van der Waals surface area contributed by atoms with E-state index in [1.165, 1.54) is 0 Å². The number of nitrogens with one attached hydrogen (secondary N) is 1. The van der Waals surface area contributed by atoms with Crippen LogP contribution in [0.25, 0.3) is 0 Å². The molecule has 2 amide bonds. The summed E-state index contributed by atoms with van der Waals surface area (Å²) in [5.41, 5.74) is -0.222. The summed E-state index contributed by atoms with van der Waals surface area (Å²) in [5.74, 6) is 0.702. The number of piperazine rings is 1. The molecule has 3 unspecified atom stereocenters. The molecule has 0 spiro atoms. The molecule has 0 aromatic heterocycles. The molecule has 1 saturated carbocycles. The van der Waals surface area contributed by atoms with Gasteiger partial charge in [0.05, 0.1) is 6.54 Å². The van der Waals surface area contributed by atoms with E-state index in [0.717, 1.165) is 19.3 Å². The van der Waals surface area contributed by atoms with E-state index in [9.17, 15) is 9.59 Å². The Morgan fingerprint density at radius 3 is 2.56 bits per heavy atom. The third-order valence-electron chi connectivity index (χ3n) is 3.96. The summed E-state index contributed by atoms with van der Waals surface area (Å²) in [5, 5.41) is 2.84. The molecule has 0 aromatic carbocycles. The van der Waals surface area contributed by atoms with Crippen LogP contribution in [0.15, 0.2) is 0 Å². The Morgan fingerprint density at radius 1 is 1.33 bits per heavy atom. The predicted octanol–water partition coefficient (Wildman–Crippen LogP) is 1.55. The zero-order chi connectivity index (χ0) is 13.5. The fourth-order valence-electron chi connectivity index (χ4n) is 2.83. The summed E-state index contributed by atoms with van der Waals surface area (Å²) in [6.45, 7) is 8.40. The van der Waals surface area contributed by atoms with E-state index < -0.39 is 0 Å². The van der Waals surface area contributed by atoms with Crippen molar-refractivity contribution in [1.29, 1.82) is 0 Å². The second kappa shape index (κ2) is 4.56. The second-order valence-electron chi connectivity index (χ2n) is 6.68. The lowest BCUT2D eigenvalue weighted by Gasteiger charge is -2.39. The molecule has 2 aliphatic rings. The van der Waals surface area contributed by atoms with Crippen LogP contribution in [0, 0.1) is 11.3 Å². The van der Waals surface area contributed by atoms with Gasteiger partial charge in [-0.3, -0.25) is 9.59 Å². The van der Waals surface area contributed by atoms with Gasteiger partial charge in [-0.1, -0.05) is 34.1 Å². The maximum atomic E-state index is 12.5. The van der Waals surface area contributed by atoms with E-state index >= 15 is 0 Å². The first-order valence-electron chi connectivity index (χ1n) is 6.94. The third-order valence-corrected chi connectivity index (χ3v) is 3.96. The minimum atomic E-state index is -0.373. The highest BCUT2D eigenvalue weighted by molar-refractivity contribution is 5.95. The van der Waals surface area contributed by atoms with E-state index in [1.807, 2.05) is 25.7 Å². The second-order valence-corrected chi connectivity index (χ2v) is 6.68. The lowest BCUT2D eigenvalue weighted by Crippen LogP contribution is -2.62. The molecule has 1 saturated heterocycles. The van der Waals surface area contributed by atoms with E-state index in [1.54, 1.807) is 0 Å². The van der Waals surface area contributed by atoms with Gasteiger partial charge in [-0.2, -0.15) is 0 Å². The van der Waals surface area contributed by atoms with Crippen molar-refractivity contribution in [2.75, 3.05) is 6.54 Å². The molecule has 18 heavy (non-hydrogen) atoms. The molecule has 1 aliphatic heterocycles. The molecular weight excluding hydrogens is 228 g/mol. The molecule has 1 heterocycles. The van der Waals surface area contributed by atoms with Crippen molar-refractivity contribution in [3.05, 3.63) is 0 Å². The molecular formula is C14H24N2O2. The van der Waals surface area contributed by atoms with Gasteiger partial charge in [-0.25, -0.2) is 0 Å².